The first kappa shape index (κ1) is 6.66. The summed E-state index contributed by atoms with van der Waals surface area (Å²) in [7, 11) is 0. The summed E-state index contributed by atoms with van der Waals surface area (Å²) in [6.07, 6.45) is 0. The molecule has 50 valence electrons. The first-order valence-electron chi connectivity index (χ1n) is 2.98. The van der Waals surface area contributed by atoms with Crippen LogP contribution in [0.3, 0.4) is 0 Å². The van der Waals surface area contributed by atoms with Crippen molar-refractivity contribution in [1.82, 2.24) is 0 Å². The van der Waals surface area contributed by atoms with Gasteiger partial charge in [0.25, 0.3) is 0 Å². The van der Waals surface area contributed by atoms with Crippen LogP contribution in [0.25, 0.3) is 10.8 Å². The molecule has 0 aliphatic carbocycles. The molecule has 1 aromatic carbocycles. The van der Waals surface area contributed by atoms with E-state index in [1.165, 1.54) is 15.2 Å². The van der Waals surface area contributed by atoms with Crippen LogP contribution in [0.15, 0.2) is 32.6 Å². The molecule has 0 saturated heterocycles. The van der Waals surface area contributed by atoms with Crippen molar-refractivity contribution in [2.75, 3.05) is 0 Å². The zero-order valence-electron chi connectivity index (χ0n) is 5.17. The third-order valence-corrected chi connectivity index (χ3v) is 3.57. The van der Waals surface area contributed by atoms with Crippen molar-refractivity contribution in [3.8, 4) is 0 Å². The number of hydrogen-bond donors (Lipinski definition) is 0. The third kappa shape index (κ3) is 1.07. The first-order chi connectivity index (χ1) is 4.86. The average molecular weight is 260 g/mol. The van der Waals surface area contributed by atoms with E-state index in [4.69, 9.17) is 0 Å². The second-order valence-electron chi connectivity index (χ2n) is 2.15. The minimum atomic E-state index is 0.600. The quantitative estimate of drug-likeness (QED) is 0.639. The molecular weight excluding hydrogens is 255 g/mol. The second kappa shape index (κ2) is 2.54. The maximum atomic E-state index is 3.44. The van der Waals surface area contributed by atoms with E-state index >= 15 is 0 Å². The molecule has 1 aromatic heterocycles. The van der Waals surface area contributed by atoms with Crippen LogP contribution < -0.4 is 0 Å². The van der Waals surface area contributed by atoms with E-state index < -0.39 is 0 Å². The zero-order chi connectivity index (χ0) is 6.97. The summed E-state index contributed by atoms with van der Waals surface area (Å²) in [5.74, 6) is 0. The van der Waals surface area contributed by atoms with Crippen molar-refractivity contribution < 1.29 is 0 Å². The van der Waals surface area contributed by atoms with E-state index in [2.05, 4.69) is 44.0 Å². The Morgan fingerprint density at radius 2 is 1.90 bits per heavy atom. The summed E-state index contributed by atoms with van der Waals surface area (Å²) < 4.78 is 1.17. The Kier molecular flexibility index (Phi) is 1.69. The topological polar surface area (TPSA) is 0 Å². The second-order valence-corrected chi connectivity index (χ2v) is 4.62. The Morgan fingerprint density at radius 1 is 1.10 bits per heavy atom. The van der Waals surface area contributed by atoms with Crippen LogP contribution in [0.4, 0.5) is 0 Å². The molecule has 2 rings (SSSR count). The van der Waals surface area contributed by atoms with E-state index in [-0.39, 0.29) is 0 Å². The number of fused-ring (bicyclic) bond motifs is 1. The van der Waals surface area contributed by atoms with Crippen molar-refractivity contribution in [2.24, 2.45) is 0 Å². The molecule has 0 unspecified atom stereocenters. The number of benzene rings is 1. The van der Waals surface area contributed by atoms with E-state index in [0.717, 1.165) is 0 Å². The van der Waals surface area contributed by atoms with Crippen LogP contribution in [-0.4, -0.2) is 14.5 Å². The van der Waals surface area contributed by atoms with Crippen LogP contribution in [-0.2, 0) is 0 Å². The normalized spacial score (nSPS) is 10.5. The number of halogens is 1. The van der Waals surface area contributed by atoms with Crippen LogP contribution in [0.5, 0.6) is 0 Å². The molecule has 0 N–H and O–H groups in total. The molecule has 1 heterocycles. The van der Waals surface area contributed by atoms with Crippen molar-refractivity contribution in [3.63, 3.8) is 0 Å². The molecule has 0 nitrogen and oxygen atoms in total. The molecule has 0 fully saturated rings. The Bertz CT molecular complexity index is 351. The van der Waals surface area contributed by atoms with Crippen molar-refractivity contribution >= 4 is 41.2 Å². The SMILES string of the molecule is Brc1ccc2c[se]cc2c1. The molecule has 10 heavy (non-hydrogen) atoms. The molecule has 0 saturated carbocycles. The van der Waals surface area contributed by atoms with Gasteiger partial charge in [0.1, 0.15) is 0 Å². The van der Waals surface area contributed by atoms with Gasteiger partial charge in [-0.2, -0.15) is 0 Å². The van der Waals surface area contributed by atoms with Crippen LogP contribution in [0.1, 0.15) is 0 Å². The van der Waals surface area contributed by atoms with Gasteiger partial charge in [-0.15, -0.1) is 0 Å². The summed E-state index contributed by atoms with van der Waals surface area (Å²) in [6, 6.07) is 6.41. The molecule has 0 aliphatic rings. The average Bonchev–Trinajstić information content (AvgIpc) is 2.33. The summed E-state index contributed by atoms with van der Waals surface area (Å²) >= 11 is 4.04. The van der Waals surface area contributed by atoms with E-state index in [1.807, 2.05) is 0 Å². The Labute approximate surface area is 73.7 Å². The van der Waals surface area contributed by atoms with Gasteiger partial charge in [0, 0.05) is 0 Å². The summed E-state index contributed by atoms with van der Waals surface area (Å²) in [5, 5.41) is 2.78. The van der Waals surface area contributed by atoms with Crippen molar-refractivity contribution in [1.29, 1.82) is 0 Å². The fourth-order valence-electron chi connectivity index (χ4n) is 0.936. The minimum absolute atomic E-state index is 0.600. The molecule has 2 heteroatoms. The molecular formula is C8H5BrSe. The van der Waals surface area contributed by atoms with Crippen LogP contribution >= 0.6 is 15.9 Å². The first-order valence-corrected chi connectivity index (χ1v) is 5.75. The van der Waals surface area contributed by atoms with Gasteiger partial charge in [-0.25, -0.2) is 0 Å². The Morgan fingerprint density at radius 3 is 2.80 bits per heavy atom. The number of hydrogen-bond acceptors (Lipinski definition) is 0. The van der Waals surface area contributed by atoms with Gasteiger partial charge < -0.3 is 0 Å². The van der Waals surface area contributed by atoms with E-state index in [9.17, 15) is 0 Å². The van der Waals surface area contributed by atoms with Crippen molar-refractivity contribution in [2.45, 2.75) is 0 Å². The number of rotatable bonds is 0. The monoisotopic (exact) mass is 260 g/mol. The van der Waals surface area contributed by atoms with Gasteiger partial charge in [-0.1, -0.05) is 0 Å². The molecule has 0 atom stereocenters. The zero-order valence-corrected chi connectivity index (χ0v) is 8.47. The van der Waals surface area contributed by atoms with Crippen LogP contribution in [0, 0.1) is 0 Å². The van der Waals surface area contributed by atoms with E-state index in [0.29, 0.717) is 14.5 Å². The Hall–Kier alpha value is -0.0405. The molecule has 0 amide bonds. The maximum absolute atomic E-state index is 3.44. The third-order valence-electron chi connectivity index (χ3n) is 1.44. The van der Waals surface area contributed by atoms with Crippen LogP contribution in [0.2, 0.25) is 0 Å². The van der Waals surface area contributed by atoms with E-state index in [1.54, 1.807) is 0 Å². The molecule has 0 aliphatic heterocycles. The molecule has 0 radical (unpaired) electrons. The molecule has 0 spiro atoms. The fourth-order valence-corrected chi connectivity index (χ4v) is 2.95. The summed E-state index contributed by atoms with van der Waals surface area (Å²) in [6.45, 7) is 0. The van der Waals surface area contributed by atoms with Gasteiger partial charge >= 0.3 is 73.8 Å². The predicted octanol–water partition coefficient (Wildman–Crippen LogP) is 2.66. The molecule has 2 aromatic rings. The summed E-state index contributed by atoms with van der Waals surface area (Å²) in [4.78, 5) is 4.60. The summed E-state index contributed by atoms with van der Waals surface area (Å²) in [5.41, 5.74) is 0. The predicted molar refractivity (Wildman–Crippen MR) is 48.6 cm³/mol. The van der Waals surface area contributed by atoms with Gasteiger partial charge in [-0.3, -0.25) is 0 Å². The van der Waals surface area contributed by atoms with Crippen molar-refractivity contribution in [3.05, 3.63) is 32.6 Å². The molecule has 0 bridgehead atoms. The fraction of sp³-hybridized carbons (Fsp3) is 0. The van der Waals surface area contributed by atoms with Gasteiger partial charge in [0.15, 0.2) is 0 Å². The standard InChI is InChI=1S/C8H5BrSe/c9-8-2-1-6-4-10-5-7(6)3-8/h1-5H. The van der Waals surface area contributed by atoms with Gasteiger partial charge in [0.2, 0.25) is 0 Å². The van der Waals surface area contributed by atoms with Gasteiger partial charge in [-0.05, 0) is 0 Å². The Balaban J connectivity index is 2.86. The van der Waals surface area contributed by atoms with Gasteiger partial charge in [0.05, 0.1) is 0 Å².